The number of thiazole rings is 1. The predicted octanol–water partition coefficient (Wildman–Crippen LogP) is 4.51. The molecule has 0 radical (unpaired) electrons. The molecule has 0 fully saturated rings. The lowest BCUT2D eigenvalue weighted by Gasteiger charge is -1.99. The van der Waals surface area contributed by atoms with E-state index in [0.29, 0.717) is 10.2 Å². The molecule has 0 saturated carbocycles. The molecule has 0 unspecified atom stereocenters. The van der Waals surface area contributed by atoms with Crippen LogP contribution in [0.1, 0.15) is 5.56 Å². The Morgan fingerprint density at radius 2 is 2.09 bits per heavy atom. The van der Waals surface area contributed by atoms with E-state index >= 15 is 0 Å². The van der Waals surface area contributed by atoms with Gasteiger partial charge in [-0.3, -0.25) is 15.1 Å². The van der Waals surface area contributed by atoms with Crippen LogP contribution in [0, 0.1) is 0 Å². The number of hydrogen-bond donors (Lipinski definition) is 1. The Hall–Kier alpha value is -2.50. The second kappa shape index (κ2) is 7.17. The summed E-state index contributed by atoms with van der Waals surface area (Å²) in [6.45, 7) is 0. The van der Waals surface area contributed by atoms with Gasteiger partial charge in [-0.1, -0.05) is 35.9 Å². The summed E-state index contributed by atoms with van der Waals surface area (Å²) in [6, 6.07) is 11.2. The van der Waals surface area contributed by atoms with E-state index in [4.69, 9.17) is 11.6 Å². The van der Waals surface area contributed by atoms with E-state index in [1.54, 1.807) is 18.5 Å². The van der Waals surface area contributed by atoms with Gasteiger partial charge in [0, 0.05) is 34.4 Å². The van der Waals surface area contributed by atoms with Crippen molar-refractivity contribution in [2.45, 2.75) is 0 Å². The minimum Gasteiger partial charge on any atom is -0.298 e. The van der Waals surface area contributed by atoms with Crippen LogP contribution >= 0.6 is 22.9 Å². The third-order valence-corrected chi connectivity index (χ3v) is 4.08. The molecular formula is C17H12ClN3OS. The first-order chi connectivity index (χ1) is 11.2. The molecule has 3 rings (SSSR count). The fourth-order valence-corrected chi connectivity index (χ4v) is 2.86. The van der Waals surface area contributed by atoms with E-state index in [1.807, 2.05) is 41.8 Å². The first-order valence-electron chi connectivity index (χ1n) is 6.82. The van der Waals surface area contributed by atoms with Gasteiger partial charge in [-0.15, -0.1) is 11.3 Å². The molecule has 1 N–H and O–H groups in total. The van der Waals surface area contributed by atoms with Gasteiger partial charge in [0.2, 0.25) is 5.91 Å². The van der Waals surface area contributed by atoms with Crippen LogP contribution in [0.4, 0.5) is 5.13 Å². The van der Waals surface area contributed by atoms with Crippen LogP contribution in [0.5, 0.6) is 0 Å². The molecule has 0 bridgehead atoms. The summed E-state index contributed by atoms with van der Waals surface area (Å²) in [7, 11) is 0. The molecule has 3 aromatic rings. The fraction of sp³-hybridized carbons (Fsp3) is 0. The largest absolute Gasteiger partial charge is 0.298 e. The molecule has 1 aromatic carbocycles. The van der Waals surface area contributed by atoms with E-state index in [0.717, 1.165) is 16.8 Å². The Balaban J connectivity index is 1.68. The smallest absolute Gasteiger partial charge is 0.250 e. The Labute approximate surface area is 142 Å². The number of carbonyl (C=O) groups excluding carboxylic acids is 1. The number of nitrogens with one attached hydrogen (secondary N) is 1. The summed E-state index contributed by atoms with van der Waals surface area (Å²) in [5.74, 6) is -0.242. The van der Waals surface area contributed by atoms with E-state index in [1.165, 1.54) is 17.4 Å². The van der Waals surface area contributed by atoms with Gasteiger partial charge < -0.3 is 0 Å². The number of carbonyl (C=O) groups is 1. The van der Waals surface area contributed by atoms with Crippen LogP contribution in [-0.2, 0) is 4.79 Å². The number of hydrogen-bond acceptors (Lipinski definition) is 4. The predicted molar refractivity (Wildman–Crippen MR) is 94.5 cm³/mol. The summed E-state index contributed by atoms with van der Waals surface area (Å²) in [4.78, 5) is 20.3. The van der Waals surface area contributed by atoms with Gasteiger partial charge in [0.25, 0.3) is 0 Å². The van der Waals surface area contributed by atoms with Crippen LogP contribution in [0.2, 0.25) is 5.02 Å². The summed E-state index contributed by atoms with van der Waals surface area (Å²) >= 11 is 7.51. The lowest BCUT2D eigenvalue weighted by molar-refractivity contribution is -0.111. The average molecular weight is 342 g/mol. The normalized spacial score (nSPS) is 10.8. The minimum absolute atomic E-state index is 0.242. The van der Waals surface area contributed by atoms with Crippen LogP contribution < -0.4 is 5.32 Å². The molecule has 1 amide bonds. The lowest BCUT2D eigenvalue weighted by Crippen LogP contribution is -2.07. The maximum atomic E-state index is 11.9. The molecule has 0 atom stereocenters. The van der Waals surface area contributed by atoms with Gasteiger partial charge in [0.05, 0.1) is 5.69 Å². The molecule has 0 aliphatic carbocycles. The molecule has 6 heteroatoms. The first-order valence-corrected chi connectivity index (χ1v) is 8.07. The van der Waals surface area contributed by atoms with Crippen LogP contribution in [0.3, 0.4) is 0 Å². The summed E-state index contributed by atoms with van der Waals surface area (Å²) in [5.41, 5.74) is 2.45. The second-order valence-corrected chi connectivity index (χ2v) is 5.89. The second-order valence-electron chi connectivity index (χ2n) is 4.63. The number of benzene rings is 1. The van der Waals surface area contributed by atoms with E-state index in [-0.39, 0.29) is 5.91 Å². The minimum atomic E-state index is -0.242. The number of pyridine rings is 1. The maximum absolute atomic E-state index is 11.9. The molecular weight excluding hydrogens is 330 g/mol. The highest BCUT2D eigenvalue weighted by Crippen LogP contribution is 2.30. The zero-order chi connectivity index (χ0) is 16.1. The monoisotopic (exact) mass is 341 g/mol. The Kier molecular flexibility index (Phi) is 4.80. The maximum Gasteiger partial charge on any atom is 0.250 e. The SMILES string of the molecule is O=C(C=Cc1cccnc1)Nc1nc(-c2ccccc2Cl)cs1. The molecule has 0 saturated heterocycles. The molecule has 4 nitrogen and oxygen atoms in total. The van der Waals surface area contributed by atoms with Crippen molar-refractivity contribution in [1.29, 1.82) is 0 Å². The van der Waals surface area contributed by atoms with E-state index in [9.17, 15) is 4.79 Å². The topological polar surface area (TPSA) is 54.9 Å². The number of rotatable bonds is 4. The Morgan fingerprint density at radius 1 is 1.22 bits per heavy atom. The zero-order valence-corrected chi connectivity index (χ0v) is 13.5. The van der Waals surface area contributed by atoms with Crippen molar-refractivity contribution < 1.29 is 4.79 Å². The third-order valence-electron chi connectivity index (χ3n) is 3.00. The molecule has 114 valence electrons. The van der Waals surface area contributed by atoms with E-state index in [2.05, 4.69) is 15.3 Å². The standard InChI is InChI=1S/C17H12ClN3OS/c18-14-6-2-1-5-13(14)15-11-23-17(20-15)21-16(22)8-7-12-4-3-9-19-10-12/h1-11H,(H,20,21,22). The van der Waals surface area contributed by atoms with Gasteiger partial charge in [-0.05, 0) is 23.8 Å². The van der Waals surface area contributed by atoms with Gasteiger partial charge in [-0.2, -0.15) is 0 Å². The molecule has 0 spiro atoms. The Morgan fingerprint density at radius 3 is 2.87 bits per heavy atom. The quantitative estimate of drug-likeness (QED) is 0.710. The highest BCUT2D eigenvalue weighted by atomic mass is 35.5. The number of aromatic nitrogens is 2. The van der Waals surface area contributed by atoms with Gasteiger partial charge in [0.1, 0.15) is 0 Å². The summed E-state index contributed by atoms with van der Waals surface area (Å²) in [6.07, 6.45) is 6.52. The number of amides is 1. The Bertz CT molecular complexity index is 846. The summed E-state index contributed by atoms with van der Waals surface area (Å²) < 4.78 is 0. The van der Waals surface area contributed by atoms with Crippen molar-refractivity contribution >= 4 is 40.1 Å². The average Bonchev–Trinajstić information content (AvgIpc) is 3.02. The van der Waals surface area contributed by atoms with Crippen LogP contribution in [0.15, 0.2) is 60.2 Å². The van der Waals surface area contributed by atoms with Gasteiger partial charge in [0.15, 0.2) is 5.13 Å². The molecule has 0 aliphatic heterocycles. The number of halogens is 1. The zero-order valence-electron chi connectivity index (χ0n) is 11.9. The number of nitrogens with zero attached hydrogens (tertiary/aromatic N) is 2. The highest BCUT2D eigenvalue weighted by molar-refractivity contribution is 7.14. The summed E-state index contributed by atoms with van der Waals surface area (Å²) in [5, 5.41) is 5.76. The molecule has 2 heterocycles. The van der Waals surface area contributed by atoms with E-state index < -0.39 is 0 Å². The van der Waals surface area contributed by atoms with Crippen molar-refractivity contribution in [1.82, 2.24) is 9.97 Å². The molecule has 2 aromatic heterocycles. The van der Waals surface area contributed by atoms with Crippen LogP contribution in [-0.4, -0.2) is 15.9 Å². The third kappa shape index (κ3) is 4.03. The van der Waals surface area contributed by atoms with Gasteiger partial charge in [-0.25, -0.2) is 4.98 Å². The lowest BCUT2D eigenvalue weighted by atomic mass is 10.2. The van der Waals surface area contributed by atoms with Crippen molar-refractivity contribution in [3.05, 3.63) is 70.8 Å². The first kappa shape index (κ1) is 15.4. The number of anilines is 1. The van der Waals surface area contributed by atoms with Gasteiger partial charge >= 0.3 is 0 Å². The van der Waals surface area contributed by atoms with Crippen LogP contribution in [0.25, 0.3) is 17.3 Å². The fourth-order valence-electron chi connectivity index (χ4n) is 1.92. The van der Waals surface area contributed by atoms with Crippen molar-refractivity contribution in [2.75, 3.05) is 5.32 Å². The molecule has 0 aliphatic rings. The highest BCUT2D eigenvalue weighted by Gasteiger charge is 2.08. The van der Waals surface area contributed by atoms with Crippen molar-refractivity contribution in [3.63, 3.8) is 0 Å². The molecule has 23 heavy (non-hydrogen) atoms. The van der Waals surface area contributed by atoms with Crippen molar-refractivity contribution in [2.24, 2.45) is 0 Å². The van der Waals surface area contributed by atoms with Crippen molar-refractivity contribution in [3.8, 4) is 11.3 Å².